The van der Waals surface area contributed by atoms with Gasteiger partial charge in [-0.25, -0.2) is 4.79 Å². The predicted molar refractivity (Wildman–Crippen MR) is 39.0 cm³/mol. The van der Waals surface area contributed by atoms with E-state index >= 15 is 0 Å². The fourth-order valence-electron chi connectivity index (χ4n) is 1.24. The number of aliphatic hydroxyl groups is 2. The van der Waals surface area contributed by atoms with Gasteiger partial charge in [0.1, 0.15) is 5.76 Å². The van der Waals surface area contributed by atoms with Crippen molar-refractivity contribution in [3.63, 3.8) is 0 Å². The molecule has 1 heterocycles. The second kappa shape index (κ2) is 2.22. The highest BCUT2D eigenvalue weighted by Crippen LogP contribution is 2.34. The smallest absolute Gasteiger partial charge is 0.379 e. The molecule has 0 aromatic carbocycles. The van der Waals surface area contributed by atoms with Gasteiger partial charge in [-0.2, -0.15) is 0 Å². The third kappa shape index (κ3) is 0.724. The molecule has 4 nitrogen and oxygen atoms in total. The van der Waals surface area contributed by atoms with E-state index in [0.29, 0.717) is 16.9 Å². The zero-order valence-corrected chi connectivity index (χ0v) is 6.07. The quantitative estimate of drug-likeness (QED) is 0.545. The summed E-state index contributed by atoms with van der Waals surface area (Å²) in [4.78, 5) is 10.8. The molecule has 0 aromatic rings. The van der Waals surface area contributed by atoms with Gasteiger partial charge in [-0.3, -0.25) is 0 Å². The number of aliphatic hydroxyl groups excluding tert-OH is 2. The molecule has 0 unspecified atom stereocenters. The molecular weight excluding hydrogens is 160 g/mol. The molecule has 1 aliphatic heterocycles. The van der Waals surface area contributed by atoms with Crippen molar-refractivity contribution in [2.24, 2.45) is 0 Å². The van der Waals surface area contributed by atoms with Gasteiger partial charge in [0.05, 0.1) is 12.2 Å². The van der Waals surface area contributed by atoms with Crippen LogP contribution in [0.15, 0.2) is 34.8 Å². The first-order valence-electron chi connectivity index (χ1n) is 3.42. The number of allylic oxidation sites excluding steroid dienone is 3. The van der Waals surface area contributed by atoms with Crippen LogP contribution < -0.4 is 0 Å². The second-order valence-electron chi connectivity index (χ2n) is 2.49. The van der Waals surface area contributed by atoms with Crippen molar-refractivity contribution in [1.82, 2.24) is 0 Å². The molecule has 0 atom stereocenters. The Balaban J connectivity index is 2.50. The van der Waals surface area contributed by atoms with Crippen molar-refractivity contribution in [3.05, 3.63) is 34.8 Å². The van der Waals surface area contributed by atoms with E-state index in [1.54, 1.807) is 12.2 Å². The highest BCUT2D eigenvalue weighted by molar-refractivity contribution is 5.94. The molecule has 1 aliphatic carbocycles. The Morgan fingerprint density at radius 1 is 1.42 bits per heavy atom. The maximum atomic E-state index is 10.8. The lowest BCUT2D eigenvalue weighted by molar-refractivity contribution is -0.135. The summed E-state index contributed by atoms with van der Waals surface area (Å²) in [7, 11) is 0. The summed E-state index contributed by atoms with van der Waals surface area (Å²) in [6.45, 7) is -0.212. The van der Waals surface area contributed by atoms with Crippen molar-refractivity contribution in [2.75, 3.05) is 6.61 Å². The molecule has 0 radical (unpaired) electrons. The third-order valence-corrected chi connectivity index (χ3v) is 1.81. The fourth-order valence-corrected chi connectivity index (χ4v) is 1.24. The van der Waals surface area contributed by atoms with Gasteiger partial charge in [0, 0.05) is 0 Å². The van der Waals surface area contributed by atoms with Crippen molar-refractivity contribution in [2.45, 2.75) is 0 Å². The van der Waals surface area contributed by atoms with Gasteiger partial charge in [0.2, 0.25) is 5.76 Å². The topological polar surface area (TPSA) is 66.8 Å². The van der Waals surface area contributed by atoms with Gasteiger partial charge in [0.25, 0.3) is 0 Å². The number of carbonyl (C=O) groups excluding carboxylic acids is 1. The van der Waals surface area contributed by atoms with Gasteiger partial charge < -0.3 is 14.9 Å². The number of rotatable bonds is 1. The first-order valence-corrected chi connectivity index (χ1v) is 3.42. The highest BCUT2D eigenvalue weighted by Gasteiger charge is 2.33. The van der Waals surface area contributed by atoms with Crippen LogP contribution in [-0.4, -0.2) is 22.8 Å². The molecule has 12 heavy (non-hydrogen) atoms. The fraction of sp³-hybridized carbons (Fsp3) is 0.125. The predicted octanol–water partition coefficient (Wildman–Crippen LogP) is 0.171. The molecule has 0 saturated carbocycles. The Labute approximate surface area is 68.1 Å². The van der Waals surface area contributed by atoms with Crippen LogP contribution >= 0.6 is 0 Å². The van der Waals surface area contributed by atoms with Crippen LogP contribution in [0.2, 0.25) is 0 Å². The highest BCUT2D eigenvalue weighted by atomic mass is 16.6. The summed E-state index contributed by atoms with van der Waals surface area (Å²) < 4.78 is 4.66. The van der Waals surface area contributed by atoms with Crippen molar-refractivity contribution in [1.29, 1.82) is 0 Å². The SMILES string of the molecule is O=C1OC2=CC=C(CO)C2=C1O. The first kappa shape index (κ1) is 7.12. The molecule has 0 fully saturated rings. The van der Waals surface area contributed by atoms with E-state index in [9.17, 15) is 9.90 Å². The Kier molecular flexibility index (Phi) is 1.31. The summed E-state index contributed by atoms with van der Waals surface area (Å²) >= 11 is 0. The van der Waals surface area contributed by atoms with Crippen molar-refractivity contribution >= 4 is 5.97 Å². The first-order chi connectivity index (χ1) is 5.74. The number of carbonyl (C=O) groups is 1. The summed E-state index contributed by atoms with van der Waals surface area (Å²) in [5.41, 5.74) is 0.829. The van der Waals surface area contributed by atoms with Gasteiger partial charge in [-0.05, 0) is 11.6 Å². The lowest BCUT2D eigenvalue weighted by atomic mass is 10.1. The van der Waals surface area contributed by atoms with E-state index in [2.05, 4.69) is 4.74 Å². The molecular formula is C8H6O4. The molecule has 0 aromatic heterocycles. The molecule has 2 aliphatic rings. The zero-order valence-electron chi connectivity index (χ0n) is 6.07. The Morgan fingerprint density at radius 2 is 2.17 bits per heavy atom. The number of ether oxygens (including phenoxy) is 1. The third-order valence-electron chi connectivity index (χ3n) is 1.81. The molecule has 0 amide bonds. The number of fused-ring (bicyclic) bond motifs is 1. The lowest BCUT2D eigenvalue weighted by Gasteiger charge is -1.97. The normalized spacial score (nSPS) is 20.6. The largest absolute Gasteiger partial charge is 0.501 e. The summed E-state index contributed by atoms with van der Waals surface area (Å²) in [5, 5.41) is 18.0. The van der Waals surface area contributed by atoms with Crippen molar-refractivity contribution < 1.29 is 19.7 Å². The Bertz CT molecular complexity index is 346. The van der Waals surface area contributed by atoms with Crippen LogP contribution in [0.3, 0.4) is 0 Å². The average Bonchev–Trinajstić information content (AvgIpc) is 2.55. The molecule has 62 valence electrons. The van der Waals surface area contributed by atoms with Crippen LogP contribution in [-0.2, 0) is 9.53 Å². The Hall–Kier alpha value is -1.55. The van der Waals surface area contributed by atoms with E-state index in [1.807, 2.05) is 0 Å². The van der Waals surface area contributed by atoms with E-state index in [4.69, 9.17) is 5.11 Å². The molecule has 4 heteroatoms. The van der Waals surface area contributed by atoms with Gasteiger partial charge >= 0.3 is 5.97 Å². The summed E-state index contributed by atoms with van der Waals surface area (Å²) in [6.07, 6.45) is 3.15. The zero-order chi connectivity index (χ0) is 8.72. The molecule has 0 saturated heterocycles. The summed E-state index contributed by atoms with van der Waals surface area (Å²) in [5.74, 6) is -0.851. The van der Waals surface area contributed by atoms with Gasteiger partial charge in [-0.15, -0.1) is 0 Å². The number of esters is 1. The monoisotopic (exact) mass is 166 g/mol. The van der Waals surface area contributed by atoms with Crippen LogP contribution in [0.1, 0.15) is 0 Å². The molecule has 0 spiro atoms. The standard InChI is InChI=1S/C8H6O4/c9-3-4-1-2-5-6(4)7(10)8(11)12-5/h1-2,9-10H,3H2. The second-order valence-corrected chi connectivity index (χ2v) is 2.49. The minimum absolute atomic E-state index is 0.212. The minimum Gasteiger partial charge on any atom is -0.501 e. The van der Waals surface area contributed by atoms with E-state index < -0.39 is 11.7 Å². The van der Waals surface area contributed by atoms with Gasteiger partial charge in [-0.1, -0.05) is 6.08 Å². The average molecular weight is 166 g/mol. The molecule has 2 N–H and O–H groups in total. The number of hydrogen-bond acceptors (Lipinski definition) is 4. The van der Waals surface area contributed by atoms with Crippen LogP contribution in [0.4, 0.5) is 0 Å². The van der Waals surface area contributed by atoms with Crippen LogP contribution in [0.25, 0.3) is 0 Å². The maximum Gasteiger partial charge on any atom is 0.379 e. The van der Waals surface area contributed by atoms with Crippen molar-refractivity contribution in [3.8, 4) is 0 Å². The lowest BCUT2D eigenvalue weighted by Crippen LogP contribution is -1.98. The Morgan fingerprint density at radius 3 is 2.83 bits per heavy atom. The van der Waals surface area contributed by atoms with Crippen LogP contribution in [0, 0.1) is 0 Å². The van der Waals surface area contributed by atoms with E-state index in [1.165, 1.54) is 0 Å². The maximum absolute atomic E-state index is 10.8. The van der Waals surface area contributed by atoms with E-state index in [0.717, 1.165) is 0 Å². The number of hydrogen-bond donors (Lipinski definition) is 2. The minimum atomic E-state index is -0.754. The van der Waals surface area contributed by atoms with Crippen LogP contribution in [0.5, 0.6) is 0 Å². The van der Waals surface area contributed by atoms with E-state index in [-0.39, 0.29) is 6.61 Å². The summed E-state index contributed by atoms with van der Waals surface area (Å²) in [6, 6.07) is 0. The molecule has 0 bridgehead atoms. The van der Waals surface area contributed by atoms with Gasteiger partial charge in [0.15, 0.2) is 0 Å². The molecule has 2 rings (SSSR count).